The Morgan fingerprint density at radius 1 is 1.30 bits per heavy atom. The maximum absolute atomic E-state index is 12.6. The Bertz CT molecular complexity index is 483. The third-order valence-corrected chi connectivity index (χ3v) is 3.90. The first-order valence-corrected chi connectivity index (χ1v) is 7.43. The van der Waals surface area contributed by atoms with Crippen molar-refractivity contribution in [3.05, 3.63) is 10.4 Å². The number of hydrogen-bond acceptors (Lipinski definition) is 4. The lowest BCUT2D eigenvalue weighted by Gasteiger charge is -2.34. The van der Waals surface area contributed by atoms with E-state index in [-0.39, 0.29) is 24.3 Å². The van der Waals surface area contributed by atoms with Crippen molar-refractivity contribution in [2.24, 2.45) is 11.0 Å². The molecule has 0 aromatic rings. The second kappa shape index (κ2) is 8.84. The van der Waals surface area contributed by atoms with Crippen molar-refractivity contribution < 1.29 is 24.6 Å². The van der Waals surface area contributed by atoms with E-state index in [0.717, 1.165) is 12.8 Å². The monoisotopic (exact) mass is 327 g/mol. The molecule has 1 aliphatic heterocycles. The minimum Gasteiger partial charge on any atom is -0.464 e. The molecule has 1 heterocycles. The van der Waals surface area contributed by atoms with Crippen LogP contribution in [0.15, 0.2) is 5.11 Å². The van der Waals surface area contributed by atoms with Gasteiger partial charge in [0, 0.05) is 24.5 Å². The Kier molecular flexibility index (Phi) is 7.14. The summed E-state index contributed by atoms with van der Waals surface area (Å²) < 4.78 is 0. The molecule has 0 aromatic heterocycles. The highest BCUT2D eigenvalue weighted by Crippen LogP contribution is 2.20. The molecule has 3 amide bonds. The predicted molar refractivity (Wildman–Crippen MR) is 79.9 cm³/mol. The van der Waals surface area contributed by atoms with Gasteiger partial charge in [-0.2, -0.15) is 4.90 Å². The normalized spacial score (nSPS) is 16.3. The summed E-state index contributed by atoms with van der Waals surface area (Å²) in [5.41, 5.74) is 8.24. The highest BCUT2D eigenvalue weighted by Gasteiger charge is 2.37. The lowest BCUT2D eigenvalue weighted by atomic mass is 9.98. The van der Waals surface area contributed by atoms with Crippen LogP contribution >= 0.6 is 0 Å². The summed E-state index contributed by atoms with van der Waals surface area (Å²) >= 11 is 0. The van der Waals surface area contributed by atoms with Crippen LogP contribution in [0, 0.1) is 5.92 Å². The van der Waals surface area contributed by atoms with Gasteiger partial charge in [-0.05, 0) is 37.1 Å². The Labute approximate surface area is 133 Å². The number of amides is 3. The van der Waals surface area contributed by atoms with E-state index in [9.17, 15) is 14.4 Å². The number of likely N-dealkylation sites (tertiary alicyclic amines) is 1. The average Bonchev–Trinajstić information content (AvgIpc) is 2.49. The molecule has 10 nitrogen and oxygen atoms in total. The van der Waals surface area contributed by atoms with Gasteiger partial charge in [0.25, 0.3) is 0 Å². The lowest BCUT2D eigenvalue weighted by molar-refractivity contribution is -0.137. The molecule has 0 unspecified atom stereocenters. The third-order valence-electron chi connectivity index (χ3n) is 3.90. The van der Waals surface area contributed by atoms with Crippen LogP contribution in [0.3, 0.4) is 0 Å². The molecule has 1 fully saturated rings. The maximum Gasteiger partial charge on any atom is 0.417 e. The number of nitrogens with zero attached hydrogens (tertiary/aromatic N) is 5. The van der Waals surface area contributed by atoms with E-state index in [0.29, 0.717) is 19.0 Å². The Hall–Kier alpha value is -2.48. The number of hydrogen-bond donors (Lipinski definition) is 2. The zero-order valence-electron chi connectivity index (χ0n) is 13.0. The van der Waals surface area contributed by atoms with Crippen molar-refractivity contribution in [1.82, 2.24) is 9.80 Å². The molecule has 0 spiro atoms. The summed E-state index contributed by atoms with van der Waals surface area (Å²) in [6.07, 6.45) is -1.56. The smallest absolute Gasteiger partial charge is 0.417 e. The largest absolute Gasteiger partial charge is 0.464 e. The van der Waals surface area contributed by atoms with E-state index < -0.39 is 24.1 Å². The molecule has 23 heavy (non-hydrogen) atoms. The Morgan fingerprint density at radius 2 is 1.87 bits per heavy atom. The standard InChI is InChI=1S/C13H21N5O5/c1-9-4-7-17(8-5-9)11(19)10(3-2-6-15-16-14)18(12(20)21)13(22)23/h9-10H,2-8H2,1H3,(H,20,21)(H,22,23)/t10-/m0/s1. The zero-order valence-corrected chi connectivity index (χ0v) is 13.0. The molecular formula is C13H21N5O5. The fraction of sp³-hybridized carbons (Fsp3) is 0.769. The molecule has 0 radical (unpaired) electrons. The minimum absolute atomic E-state index is 0.0114. The van der Waals surface area contributed by atoms with E-state index in [2.05, 4.69) is 16.9 Å². The van der Waals surface area contributed by atoms with Crippen LogP contribution in [-0.4, -0.2) is 63.8 Å². The second-order valence-corrected chi connectivity index (χ2v) is 5.56. The predicted octanol–water partition coefficient (Wildman–Crippen LogP) is 2.36. The third kappa shape index (κ3) is 5.33. The molecule has 0 bridgehead atoms. The molecule has 0 aromatic carbocycles. The van der Waals surface area contributed by atoms with E-state index >= 15 is 0 Å². The average molecular weight is 327 g/mol. The molecule has 1 atom stereocenters. The summed E-state index contributed by atoms with van der Waals surface area (Å²) in [4.78, 5) is 39.2. The van der Waals surface area contributed by atoms with Gasteiger partial charge < -0.3 is 15.1 Å². The van der Waals surface area contributed by atoms with E-state index in [1.807, 2.05) is 0 Å². The van der Waals surface area contributed by atoms with Gasteiger partial charge in [-0.25, -0.2) is 9.59 Å². The maximum atomic E-state index is 12.6. The van der Waals surface area contributed by atoms with Crippen LogP contribution in [0.5, 0.6) is 0 Å². The van der Waals surface area contributed by atoms with Crippen molar-refractivity contribution in [1.29, 1.82) is 0 Å². The fourth-order valence-electron chi connectivity index (χ4n) is 2.55. The van der Waals surface area contributed by atoms with Gasteiger partial charge in [0.15, 0.2) is 0 Å². The summed E-state index contributed by atoms with van der Waals surface area (Å²) in [6, 6.07) is -1.31. The van der Waals surface area contributed by atoms with Crippen LogP contribution in [0.25, 0.3) is 10.4 Å². The summed E-state index contributed by atoms with van der Waals surface area (Å²) in [5.74, 6) is -0.0276. The van der Waals surface area contributed by atoms with Gasteiger partial charge in [-0.3, -0.25) is 4.79 Å². The molecule has 0 aliphatic carbocycles. The van der Waals surface area contributed by atoms with Crippen molar-refractivity contribution in [2.75, 3.05) is 19.6 Å². The van der Waals surface area contributed by atoms with Crippen LogP contribution in [0.2, 0.25) is 0 Å². The van der Waals surface area contributed by atoms with Gasteiger partial charge in [0.1, 0.15) is 6.04 Å². The van der Waals surface area contributed by atoms with E-state index in [4.69, 9.17) is 15.7 Å². The Morgan fingerprint density at radius 3 is 2.35 bits per heavy atom. The second-order valence-electron chi connectivity index (χ2n) is 5.56. The minimum atomic E-state index is -1.69. The topological polar surface area (TPSA) is 147 Å². The number of carbonyl (C=O) groups is 3. The first kappa shape index (κ1) is 18.6. The highest BCUT2D eigenvalue weighted by atomic mass is 16.4. The number of azide groups is 1. The molecule has 1 rings (SSSR count). The van der Waals surface area contributed by atoms with Crippen molar-refractivity contribution in [2.45, 2.75) is 38.6 Å². The lowest BCUT2D eigenvalue weighted by Crippen LogP contribution is -2.54. The van der Waals surface area contributed by atoms with Crippen LogP contribution < -0.4 is 0 Å². The SMILES string of the molecule is CC1CCN(C(=O)[C@H](CCCN=[N+]=[N-])N(C(=O)O)C(=O)O)CC1. The first-order chi connectivity index (χ1) is 10.9. The van der Waals surface area contributed by atoms with Crippen LogP contribution in [-0.2, 0) is 4.79 Å². The highest BCUT2D eigenvalue weighted by molar-refractivity contribution is 5.94. The zero-order chi connectivity index (χ0) is 17.4. The number of carboxylic acid groups (broad SMARTS) is 2. The molecule has 0 saturated carbocycles. The first-order valence-electron chi connectivity index (χ1n) is 7.43. The summed E-state index contributed by atoms with van der Waals surface area (Å²) in [6.45, 7) is 3.12. The molecule has 1 saturated heterocycles. The van der Waals surface area contributed by atoms with Gasteiger partial charge in [0.05, 0.1) is 0 Å². The molecular weight excluding hydrogens is 306 g/mol. The molecule has 10 heteroatoms. The van der Waals surface area contributed by atoms with Gasteiger partial charge in [-0.1, -0.05) is 12.0 Å². The van der Waals surface area contributed by atoms with Crippen molar-refractivity contribution in [3.63, 3.8) is 0 Å². The van der Waals surface area contributed by atoms with Gasteiger partial charge >= 0.3 is 12.2 Å². The number of imide groups is 1. The van der Waals surface area contributed by atoms with Crippen LogP contribution in [0.1, 0.15) is 32.6 Å². The van der Waals surface area contributed by atoms with Crippen molar-refractivity contribution >= 4 is 18.1 Å². The Balaban J connectivity index is 2.87. The quantitative estimate of drug-likeness (QED) is 0.332. The number of piperidine rings is 1. The summed E-state index contributed by atoms with van der Waals surface area (Å²) in [5, 5.41) is 21.5. The summed E-state index contributed by atoms with van der Waals surface area (Å²) in [7, 11) is 0. The van der Waals surface area contributed by atoms with Gasteiger partial charge in [0.2, 0.25) is 5.91 Å². The number of rotatable bonds is 6. The molecule has 1 aliphatic rings. The van der Waals surface area contributed by atoms with Gasteiger partial charge in [-0.15, -0.1) is 0 Å². The van der Waals surface area contributed by atoms with E-state index in [1.54, 1.807) is 0 Å². The molecule has 2 N–H and O–H groups in total. The fourth-order valence-corrected chi connectivity index (χ4v) is 2.55. The van der Waals surface area contributed by atoms with Crippen molar-refractivity contribution in [3.8, 4) is 0 Å². The molecule has 128 valence electrons. The van der Waals surface area contributed by atoms with E-state index in [1.165, 1.54) is 4.90 Å². The van der Waals surface area contributed by atoms with Crippen LogP contribution in [0.4, 0.5) is 9.59 Å². The number of carbonyl (C=O) groups excluding carboxylic acids is 1.